The van der Waals surface area contributed by atoms with Crippen molar-refractivity contribution in [3.8, 4) is 22.6 Å². The highest BCUT2D eigenvalue weighted by Gasteiger charge is 2.47. The van der Waals surface area contributed by atoms with Crippen molar-refractivity contribution in [1.82, 2.24) is 0 Å². The number of hydrogen-bond acceptors (Lipinski definition) is 6. The predicted octanol–water partition coefficient (Wildman–Crippen LogP) is 7.04. The second kappa shape index (κ2) is 11.1. The minimum Gasteiger partial charge on any atom is -0.496 e. The number of fused-ring (bicyclic) bond motifs is 3. The van der Waals surface area contributed by atoms with E-state index in [-0.39, 0.29) is 13.2 Å². The van der Waals surface area contributed by atoms with Gasteiger partial charge in [0.05, 0.1) is 32.8 Å². The van der Waals surface area contributed by atoms with E-state index >= 15 is 0 Å². The molecule has 0 heterocycles. The zero-order chi connectivity index (χ0) is 29.3. The lowest BCUT2D eigenvalue weighted by molar-refractivity contribution is 0.0513. The summed E-state index contributed by atoms with van der Waals surface area (Å²) in [6.07, 6.45) is 0. The number of esters is 2. The Morgan fingerprint density at radius 3 is 1.39 bits per heavy atom. The minimum atomic E-state index is -0.871. The Morgan fingerprint density at radius 2 is 1.02 bits per heavy atom. The molecular formula is C35H34O6. The molecule has 0 unspecified atom stereocenters. The molecule has 0 saturated carbocycles. The van der Waals surface area contributed by atoms with Crippen molar-refractivity contribution in [2.24, 2.45) is 0 Å². The van der Waals surface area contributed by atoms with E-state index in [2.05, 4.69) is 50.2 Å². The summed E-state index contributed by atoms with van der Waals surface area (Å²) >= 11 is 0. The SMILES string of the molecule is CCOC(=O)c1cc(C2(c3ccc(OC)c(C(=O)OCC)c3)c3cc(C)ccc3-c3ccc(C)cc32)ccc1OC. The first-order chi connectivity index (χ1) is 19.8. The first kappa shape index (κ1) is 28.0. The maximum Gasteiger partial charge on any atom is 0.341 e. The maximum atomic E-state index is 13.2. The summed E-state index contributed by atoms with van der Waals surface area (Å²) in [4.78, 5) is 26.3. The van der Waals surface area contributed by atoms with Crippen molar-refractivity contribution in [1.29, 1.82) is 0 Å². The number of rotatable bonds is 8. The van der Waals surface area contributed by atoms with Crippen LogP contribution in [0.15, 0.2) is 72.8 Å². The third-order valence-electron chi connectivity index (χ3n) is 7.70. The lowest BCUT2D eigenvalue weighted by Crippen LogP contribution is -2.30. The summed E-state index contributed by atoms with van der Waals surface area (Å²) in [7, 11) is 3.07. The quantitative estimate of drug-likeness (QED) is 0.193. The van der Waals surface area contributed by atoms with Crippen molar-refractivity contribution in [2.75, 3.05) is 27.4 Å². The molecule has 1 aliphatic carbocycles. The summed E-state index contributed by atoms with van der Waals surface area (Å²) in [6.45, 7) is 8.16. The lowest BCUT2D eigenvalue weighted by atomic mass is 9.66. The van der Waals surface area contributed by atoms with Crippen LogP contribution in [0.1, 0.15) is 67.9 Å². The van der Waals surface area contributed by atoms with Gasteiger partial charge in [0.25, 0.3) is 0 Å². The van der Waals surface area contributed by atoms with Crippen LogP contribution in [0.2, 0.25) is 0 Å². The van der Waals surface area contributed by atoms with Gasteiger partial charge in [0.15, 0.2) is 0 Å². The second-order valence-corrected chi connectivity index (χ2v) is 10.1. The Bertz CT molecular complexity index is 1530. The summed E-state index contributed by atoms with van der Waals surface area (Å²) in [5.41, 5.74) is 7.96. The van der Waals surface area contributed by atoms with Gasteiger partial charge in [-0.1, -0.05) is 59.7 Å². The molecule has 0 aliphatic heterocycles. The van der Waals surface area contributed by atoms with E-state index in [1.54, 1.807) is 13.8 Å². The number of aryl methyl sites for hydroxylation is 2. The number of hydrogen-bond donors (Lipinski definition) is 0. The van der Waals surface area contributed by atoms with Gasteiger partial charge in [0.1, 0.15) is 22.6 Å². The van der Waals surface area contributed by atoms with Gasteiger partial charge >= 0.3 is 11.9 Å². The van der Waals surface area contributed by atoms with Gasteiger partial charge in [0, 0.05) is 0 Å². The number of carbonyl (C=O) groups excluding carboxylic acids is 2. The molecule has 0 bridgehead atoms. The molecule has 1 aliphatic rings. The molecule has 0 N–H and O–H groups in total. The van der Waals surface area contributed by atoms with Gasteiger partial charge in [-0.15, -0.1) is 0 Å². The Kier molecular flexibility index (Phi) is 7.59. The number of methoxy groups -OCH3 is 2. The van der Waals surface area contributed by atoms with Gasteiger partial charge < -0.3 is 18.9 Å². The first-order valence-corrected chi connectivity index (χ1v) is 13.7. The normalized spacial score (nSPS) is 12.7. The predicted molar refractivity (Wildman–Crippen MR) is 158 cm³/mol. The maximum absolute atomic E-state index is 13.2. The average molecular weight is 551 g/mol. The zero-order valence-electron chi connectivity index (χ0n) is 24.3. The molecule has 0 atom stereocenters. The second-order valence-electron chi connectivity index (χ2n) is 10.1. The molecular weight excluding hydrogens is 516 g/mol. The molecule has 0 spiro atoms. The van der Waals surface area contributed by atoms with E-state index in [0.717, 1.165) is 44.5 Å². The molecule has 210 valence electrons. The Labute approximate surface area is 240 Å². The summed E-state index contributed by atoms with van der Waals surface area (Å²) in [5.74, 6) is -0.0714. The fourth-order valence-electron chi connectivity index (χ4n) is 5.96. The van der Waals surface area contributed by atoms with Crippen LogP contribution in [0.4, 0.5) is 0 Å². The molecule has 5 rings (SSSR count). The van der Waals surface area contributed by atoms with E-state index in [4.69, 9.17) is 18.9 Å². The minimum absolute atomic E-state index is 0.239. The van der Waals surface area contributed by atoms with Crippen molar-refractivity contribution in [2.45, 2.75) is 33.1 Å². The van der Waals surface area contributed by atoms with Crippen molar-refractivity contribution >= 4 is 11.9 Å². The van der Waals surface area contributed by atoms with Gasteiger partial charge in [0.2, 0.25) is 0 Å². The van der Waals surface area contributed by atoms with Crippen LogP contribution in [-0.4, -0.2) is 39.4 Å². The van der Waals surface area contributed by atoms with Crippen molar-refractivity contribution in [3.05, 3.63) is 117 Å². The highest BCUT2D eigenvalue weighted by Crippen LogP contribution is 2.57. The van der Waals surface area contributed by atoms with Gasteiger partial charge in [-0.2, -0.15) is 0 Å². The van der Waals surface area contributed by atoms with Crippen molar-refractivity contribution < 1.29 is 28.5 Å². The van der Waals surface area contributed by atoms with E-state index in [1.165, 1.54) is 14.2 Å². The van der Waals surface area contributed by atoms with Crippen LogP contribution >= 0.6 is 0 Å². The average Bonchev–Trinajstić information content (AvgIpc) is 3.25. The van der Waals surface area contributed by atoms with E-state index in [1.807, 2.05) is 36.4 Å². The monoisotopic (exact) mass is 550 g/mol. The van der Waals surface area contributed by atoms with Crippen LogP contribution in [0, 0.1) is 13.8 Å². The molecule has 4 aromatic carbocycles. The molecule has 0 aromatic heterocycles. The summed E-state index contributed by atoms with van der Waals surface area (Å²) < 4.78 is 22.0. The first-order valence-electron chi connectivity index (χ1n) is 13.7. The van der Waals surface area contributed by atoms with Gasteiger partial charge in [-0.3, -0.25) is 0 Å². The van der Waals surface area contributed by atoms with Gasteiger partial charge in [-0.05, 0) is 85.3 Å². The molecule has 0 saturated heterocycles. The Hall–Kier alpha value is -4.58. The number of benzene rings is 4. The highest BCUT2D eigenvalue weighted by molar-refractivity contribution is 5.95. The third kappa shape index (κ3) is 4.53. The van der Waals surface area contributed by atoms with E-state index in [0.29, 0.717) is 22.6 Å². The van der Waals surface area contributed by atoms with Crippen molar-refractivity contribution in [3.63, 3.8) is 0 Å². The van der Waals surface area contributed by atoms with Crippen LogP contribution in [0.25, 0.3) is 11.1 Å². The van der Waals surface area contributed by atoms with Crippen LogP contribution < -0.4 is 9.47 Å². The standard InChI is InChI=1S/C35H34O6/c1-7-40-33(36)27-19-23(11-15-31(27)38-5)35(24-12-16-32(39-6)28(20-24)34(37)41-8-2)29-17-21(3)9-13-25(29)26-14-10-22(4)18-30(26)35/h9-20H,7-8H2,1-6H3. The van der Waals surface area contributed by atoms with Crippen LogP contribution in [0.3, 0.4) is 0 Å². The molecule has 0 fully saturated rings. The topological polar surface area (TPSA) is 71.1 Å². The fraction of sp³-hybridized carbons (Fsp3) is 0.257. The molecule has 0 radical (unpaired) electrons. The molecule has 6 nitrogen and oxygen atoms in total. The smallest absolute Gasteiger partial charge is 0.341 e. The largest absolute Gasteiger partial charge is 0.496 e. The zero-order valence-corrected chi connectivity index (χ0v) is 24.3. The Morgan fingerprint density at radius 1 is 0.610 bits per heavy atom. The summed E-state index contributed by atoms with van der Waals surface area (Å²) in [5, 5.41) is 0. The number of carbonyl (C=O) groups is 2. The van der Waals surface area contributed by atoms with E-state index in [9.17, 15) is 9.59 Å². The molecule has 41 heavy (non-hydrogen) atoms. The molecule has 0 amide bonds. The molecule has 4 aromatic rings. The molecule has 6 heteroatoms. The fourth-order valence-corrected chi connectivity index (χ4v) is 5.96. The highest BCUT2D eigenvalue weighted by atomic mass is 16.5. The van der Waals surface area contributed by atoms with Gasteiger partial charge in [-0.25, -0.2) is 9.59 Å². The van der Waals surface area contributed by atoms with Crippen LogP contribution in [-0.2, 0) is 14.9 Å². The lowest BCUT2D eigenvalue weighted by Gasteiger charge is -2.35. The third-order valence-corrected chi connectivity index (χ3v) is 7.70. The number of ether oxygens (including phenoxy) is 4. The Balaban J connectivity index is 1.94. The van der Waals surface area contributed by atoms with E-state index < -0.39 is 17.4 Å². The van der Waals surface area contributed by atoms with Crippen LogP contribution in [0.5, 0.6) is 11.5 Å². The summed E-state index contributed by atoms with van der Waals surface area (Å²) in [6, 6.07) is 24.2.